The van der Waals surface area contributed by atoms with Gasteiger partial charge in [-0.3, -0.25) is 4.79 Å². The van der Waals surface area contributed by atoms with Crippen molar-refractivity contribution >= 4 is 11.6 Å². The van der Waals surface area contributed by atoms with Gasteiger partial charge in [-0.25, -0.2) is 4.39 Å². The Morgan fingerprint density at radius 2 is 1.95 bits per heavy atom. The summed E-state index contributed by atoms with van der Waals surface area (Å²) >= 11 is 0. The van der Waals surface area contributed by atoms with Gasteiger partial charge in [-0.2, -0.15) is 0 Å². The van der Waals surface area contributed by atoms with Gasteiger partial charge in [-0.15, -0.1) is 0 Å². The van der Waals surface area contributed by atoms with Crippen LogP contribution in [0, 0.1) is 12.7 Å². The van der Waals surface area contributed by atoms with Crippen LogP contribution in [0.2, 0.25) is 0 Å². The number of hydrogen-bond donors (Lipinski definition) is 2. The first-order chi connectivity index (χ1) is 10.0. The summed E-state index contributed by atoms with van der Waals surface area (Å²) in [6.07, 6.45) is 0. The molecule has 0 aliphatic heterocycles. The number of primary amides is 1. The van der Waals surface area contributed by atoms with Crippen LogP contribution >= 0.6 is 0 Å². The number of halogens is 1. The van der Waals surface area contributed by atoms with E-state index in [4.69, 9.17) is 10.5 Å². The van der Waals surface area contributed by atoms with Gasteiger partial charge in [0.05, 0.1) is 0 Å². The van der Waals surface area contributed by atoms with Crippen molar-refractivity contribution in [1.82, 2.24) is 0 Å². The molecule has 4 nitrogen and oxygen atoms in total. The SMILES string of the molecule is Cc1cc(NCc2ccc(OCC(N)=O)cc2)ccc1F. The molecule has 0 spiro atoms. The number of nitrogens with one attached hydrogen (secondary N) is 1. The molecule has 0 saturated heterocycles. The average Bonchev–Trinajstić information content (AvgIpc) is 2.47. The Hall–Kier alpha value is -2.56. The molecule has 5 heteroatoms. The molecule has 2 aromatic rings. The van der Waals surface area contributed by atoms with E-state index in [0.29, 0.717) is 17.9 Å². The molecule has 1 amide bonds. The van der Waals surface area contributed by atoms with E-state index in [1.807, 2.05) is 12.1 Å². The van der Waals surface area contributed by atoms with Crippen LogP contribution in [0.25, 0.3) is 0 Å². The average molecular weight is 288 g/mol. The number of anilines is 1. The summed E-state index contributed by atoms with van der Waals surface area (Å²) in [5.74, 6) is -0.126. The van der Waals surface area contributed by atoms with Crippen LogP contribution < -0.4 is 15.8 Å². The highest BCUT2D eigenvalue weighted by Crippen LogP contribution is 2.16. The van der Waals surface area contributed by atoms with Crippen LogP contribution in [0.5, 0.6) is 5.75 Å². The van der Waals surface area contributed by atoms with Crippen LogP contribution in [0.15, 0.2) is 42.5 Å². The predicted octanol–water partition coefficient (Wildman–Crippen LogP) is 2.61. The van der Waals surface area contributed by atoms with Crippen molar-refractivity contribution in [3.8, 4) is 5.75 Å². The normalized spacial score (nSPS) is 10.2. The molecule has 3 N–H and O–H groups in total. The van der Waals surface area contributed by atoms with Gasteiger partial charge in [0, 0.05) is 12.2 Å². The summed E-state index contributed by atoms with van der Waals surface area (Å²) in [7, 11) is 0. The van der Waals surface area contributed by atoms with Crippen molar-refractivity contribution < 1.29 is 13.9 Å². The third-order valence-corrected chi connectivity index (χ3v) is 2.96. The first-order valence-corrected chi connectivity index (χ1v) is 6.54. The van der Waals surface area contributed by atoms with Crippen molar-refractivity contribution in [3.05, 3.63) is 59.4 Å². The Labute approximate surface area is 122 Å². The summed E-state index contributed by atoms with van der Waals surface area (Å²) in [4.78, 5) is 10.6. The number of aryl methyl sites for hydroxylation is 1. The lowest BCUT2D eigenvalue weighted by Gasteiger charge is -2.09. The van der Waals surface area contributed by atoms with Gasteiger partial charge < -0.3 is 15.8 Å². The smallest absolute Gasteiger partial charge is 0.255 e. The van der Waals surface area contributed by atoms with Crippen LogP contribution in [-0.4, -0.2) is 12.5 Å². The molecule has 0 atom stereocenters. The highest BCUT2D eigenvalue weighted by molar-refractivity contribution is 5.75. The van der Waals surface area contributed by atoms with Crippen LogP contribution in [-0.2, 0) is 11.3 Å². The summed E-state index contributed by atoms with van der Waals surface area (Å²) in [6.45, 7) is 2.21. The van der Waals surface area contributed by atoms with Crippen molar-refractivity contribution in [2.75, 3.05) is 11.9 Å². The molecular weight excluding hydrogens is 271 g/mol. The molecule has 110 valence electrons. The van der Waals surface area contributed by atoms with Gasteiger partial charge >= 0.3 is 0 Å². The Kier molecular flexibility index (Phi) is 4.77. The second-order valence-corrected chi connectivity index (χ2v) is 4.72. The number of ether oxygens (including phenoxy) is 1. The number of carbonyl (C=O) groups excluding carboxylic acids is 1. The molecule has 0 aromatic heterocycles. The maximum absolute atomic E-state index is 13.2. The number of benzene rings is 2. The third kappa shape index (κ3) is 4.49. The summed E-state index contributed by atoms with van der Waals surface area (Å²) in [5.41, 5.74) is 7.52. The highest BCUT2D eigenvalue weighted by Gasteiger charge is 2.00. The van der Waals surface area contributed by atoms with E-state index in [-0.39, 0.29) is 12.4 Å². The Morgan fingerprint density at radius 1 is 1.24 bits per heavy atom. The first kappa shape index (κ1) is 14.8. The van der Waals surface area contributed by atoms with E-state index in [9.17, 15) is 9.18 Å². The molecule has 2 rings (SSSR count). The zero-order chi connectivity index (χ0) is 15.2. The molecule has 0 radical (unpaired) electrons. The number of nitrogens with two attached hydrogens (primary N) is 1. The second kappa shape index (κ2) is 6.74. The highest BCUT2D eigenvalue weighted by atomic mass is 19.1. The van der Waals surface area contributed by atoms with Crippen molar-refractivity contribution in [2.24, 2.45) is 5.73 Å². The summed E-state index contributed by atoms with van der Waals surface area (Å²) in [6, 6.07) is 12.2. The molecule has 21 heavy (non-hydrogen) atoms. The molecule has 0 bridgehead atoms. The van der Waals surface area contributed by atoms with Crippen LogP contribution in [0.4, 0.5) is 10.1 Å². The molecule has 0 unspecified atom stereocenters. The van der Waals surface area contributed by atoms with Crippen molar-refractivity contribution in [2.45, 2.75) is 13.5 Å². The predicted molar refractivity (Wildman–Crippen MR) is 79.6 cm³/mol. The van der Waals surface area contributed by atoms with E-state index in [1.54, 1.807) is 31.2 Å². The van der Waals surface area contributed by atoms with E-state index in [0.717, 1.165) is 11.3 Å². The fourth-order valence-corrected chi connectivity index (χ4v) is 1.82. The van der Waals surface area contributed by atoms with Gasteiger partial charge in [-0.1, -0.05) is 12.1 Å². The lowest BCUT2D eigenvalue weighted by atomic mass is 10.2. The van der Waals surface area contributed by atoms with Crippen molar-refractivity contribution in [1.29, 1.82) is 0 Å². The lowest BCUT2D eigenvalue weighted by Crippen LogP contribution is -2.19. The molecule has 0 saturated carbocycles. The molecule has 0 aliphatic rings. The number of carbonyl (C=O) groups is 1. The first-order valence-electron chi connectivity index (χ1n) is 6.54. The minimum Gasteiger partial charge on any atom is -0.484 e. The lowest BCUT2D eigenvalue weighted by molar-refractivity contribution is -0.119. The zero-order valence-corrected chi connectivity index (χ0v) is 11.7. The Morgan fingerprint density at radius 3 is 2.57 bits per heavy atom. The van der Waals surface area contributed by atoms with Gasteiger partial charge in [0.15, 0.2) is 6.61 Å². The largest absolute Gasteiger partial charge is 0.484 e. The molecular formula is C16H17FN2O2. The van der Waals surface area contributed by atoms with E-state index in [2.05, 4.69) is 5.32 Å². The monoisotopic (exact) mass is 288 g/mol. The fourth-order valence-electron chi connectivity index (χ4n) is 1.82. The third-order valence-electron chi connectivity index (χ3n) is 2.96. The fraction of sp³-hybridized carbons (Fsp3) is 0.188. The van der Waals surface area contributed by atoms with Crippen molar-refractivity contribution in [3.63, 3.8) is 0 Å². The second-order valence-electron chi connectivity index (χ2n) is 4.72. The standard InChI is InChI=1S/C16H17FN2O2/c1-11-8-13(4-7-15(11)17)19-9-12-2-5-14(6-3-12)21-10-16(18)20/h2-8,19H,9-10H2,1H3,(H2,18,20). The van der Waals surface area contributed by atoms with E-state index < -0.39 is 5.91 Å². The van der Waals surface area contributed by atoms with Crippen LogP contribution in [0.3, 0.4) is 0 Å². The van der Waals surface area contributed by atoms with Gasteiger partial charge in [-0.05, 0) is 48.4 Å². The Balaban J connectivity index is 1.91. The summed E-state index contributed by atoms with van der Waals surface area (Å²) < 4.78 is 18.3. The maximum Gasteiger partial charge on any atom is 0.255 e. The minimum atomic E-state index is -0.507. The molecule has 0 fully saturated rings. The number of hydrogen-bond acceptors (Lipinski definition) is 3. The molecule has 0 heterocycles. The summed E-state index contributed by atoms with van der Waals surface area (Å²) in [5, 5.41) is 3.22. The maximum atomic E-state index is 13.2. The number of rotatable bonds is 6. The van der Waals surface area contributed by atoms with E-state index >= 15 is 0 Å². The van der Waals surface area contributed by atoms with Gasteiger partial charge in [0.25, 0.3) is 5.91 Å². The van der Waals surface area contributed by atoms with Gasteiger partial charge in [0.2, 0.25) is 0 Å². The van der Waals surface area contributed by atoms with Gasteiger partial charge in [0.1, 0.15) is 11.6 Å². The Bertz CT molecular complexity index is 627. The molecule has 2 aromatic carbocycles. The van der Waals surface area contributed by atoms with Crippen LogP contribution in [0.1, 0.15) is 11.1 Å². The minimum absolute atomic E-state index is 0.132. The quantitative estimate of drug-likeness (QED) is 0.858. The van der Waals surface area contributed by atoms with E-state index in [1.165, 1.54) is 6.07 Å². The number of amides is 1. The zero-order valence-electron chi connectivity index (χ0n) is 11.7. The molecule has 0 aliphatic carbocycles. The topological polar surface area (TPSA) is 64.3 Å².